The predicted molar refractivity (Wildman–Crippen MR) is 110 cm³/mol. The molecule has 5 nitrogen and oxygen atoms in total. The molecule has 0 spiro atoms. The van der Waals surface area contributed by atoms with Crippen LogP contribution in [0.25, 0.3) is 0 Å². The first-order chi connectivity index (χ1) is 13.6. The van der Waals surface area contributed by atoms with Crippen molar-refractivity contribution >= 4 is 30.7 Å². The monoisotopic (exact) mass is 466 g/mol. The number of sulfone groups is 1. The third-order valence-electron chi connectivity index (χ3n) is 5.01. The molecule has 1 aromatic heterocycles. The van der Waals surface area contributed by atoms with Crippen molar-refractivity contribution < 1.29 is 30.8 Å². The van der Waals surface area contributed by atoms with E-state index in [1.165, 1.54) is 30.8 Å². The lowest BCUT2D eigenvalue weighted by Crippen LogP contribution is -2.18. The number of benzene rings is 1. The van der Waals surface area contributed by atoms with Crippen LogP contribution >= 0.6 is 9.24 Å². The average molecular weight is 466 g/mol. The smallest absolute Gasteiger partial charge is 0.272 e. The van der Waals surface area contributed by atoms with Crippen LogP contribution in [0.15, 0.2) is 29.3 Å². The number of halogens is 4. The van der Waals surface area contributed by atoms with Gasteiger partial charge in [0.05, 0.1) is 10.6 Å². The topological polar surface area (TPSA) is 68.2 Å². The number of hydrogen-bond donors (Lipinski definition) is 1. The number of carbonyl (C=O) groups is 1. The minimum atomic E-state index is -3.46. The molecular weight excluding hydrogens is 443 g/mol. The summed E-state index contributed by atoms with van der Waals surface area (Å²) >= 11 is 0. The zero-order valence-electron chi connectivity index (χ0n) is 16.9. The maximum Gasteiger partial charge on any atom is 0.272 e. The first-order valence-electron chi connectivity index (χ1n) is 8.86. The number of carbonyl (C=O) groups excluding carboxylic acids is 1. The normalized spacial score (nSPS) is 15.2. The Balaban J connectivity index is 0.000000335. The van der Waals surface area contributed by atoms with Crippen molar-refractivity contribution in [2.45, 2.75) is 37.2 Å². The van der Waals surface area contributed by atoms with E-state index in [1.807, 2.05) is 0 Å². The number of anilines is 1. The molecule has 3 rings (SSSR count). The zero-order valence-corrected chi connectivity index (χ0v) is 18.9. The number of aryl methyl sites for hydroxylation is 1. The van der Waals surface area contributed by atoms with Gasteiger partial charge >= 0.3 is 0 Å². The molecule has 1 unspecified atom stereocenters. The van der Waals surface area contributed by atoms with E-state index in [0.717, 1.165) is 18.4 Å². The van der Waals surface area contributed by atoms with Crippen molar-refractivity contribution in [1.29, 1.82) is 0 Å². The van der Waals surface area contributed by atoms with Gasteiger partial charge in [-0.15, -0.1) is 0 Å². The molecule has 1 amide bonds. The highest BCUT2D eigenvalue weighted by molar-refractivity contribution is 7.90. The Morgan fingerprint density at radius 2 is 1.83 bits per heavy atom. The summed E-state index contributed by atoms with van der Waals surface area (Å²) in [5, 5.41) is 2.30. The van der Waals surface area contributed by atoms with Gasteiger partial charge in [-0.05, 0) is 38.0 Å². The fourth-order valence-corrected chi connectivity index (χ4v) is 3.39. The third-order valence-corrected chi connectivity index (χ3v) is 6.79. The molecule has 1 heterocycles. The Bertz CT molecular complexity index is 1070. The predicted octanol–water partition coefficient (Wildman–Crippen LogP) is 4.52. The van der Waals surface area contributed by atoms with Crippen LogP contribution in [0.4, 0.5) is 23.2 Å². The minimum absolute atomic E-state index is 0.0177. The maximum atomic E-state index is 13.9. The number of hydrogen-bond acceptors (Lipinski definition) is 3. The van der Waals surface area contributed by atoms with Crippen LogP contribution < -0.4 is 5.32 Å². The second-order valence-electron chi connectivity index (χ2n) is 7.62. The number of aromatic nitrogens is 1. The van der Waals surface area contributed by atoms with Crippen molar-refractivity contribution in [1.82, 2.24) is 4.57 Å². The molecule has 1 aliphatic carbocycles. The molecule has 1 atom stereocenters. The molecule has 1 fully saturated rings. The highest BCUT2D eigenvalue weighted by atomic mass is 32.2. The molecular formula is C19H23F4N2O3PS. The van der Waals surface area contributed by atoms with Crippen molar-refractivity contribution in [3.05, 3.63) is 47.3 Å². The summed E-state index contributed by atoms with van der Waals surface area (Å²) < 4.78 is 75.8. The second kappa shape index (κ2) is 8.30. The van der Waals surface area contributed by atoms with Crippen molar-refractivity contribution in [2.24, 2.45) is 12.5 Å². The summed E-state index contributed by atoms with van der Waals surface area (Å²) in [6, 6.07) is 3.34. The Morgan fingerprint density at radius 3 is 2.23 bits per heavy atom. The summed E-state index contributed by atoms with van der Waals surface area (Å²) in [5.41, 5.74) is -3.56. The van der Waals surface area contributed by atoms with Crippen LogP contribution in [0.3, 0.4) is 0 Å². The molecule has 1 saturated carbocycles. The van der Waals surface area contributed by atoms with Gasteiger partial charge < -0.3 is 9.88 Å². The van der Waals surface area contributed by atoms with Crippen LogP contribution in [0.2, 0.25) is 0 Å². The molecule has 1 aromatic carbocycles. The summed E-state index contributed by atoms with van der Waals surface area (Å²) in [5.74, 6) is -2.28. The number of rotatable bonds is 4. The fourth-order valence-electron chi connectivity index (χ4n) is 2.43. The van der Waals surface area contributed by atoms with E-state index in [-0.39, 0.29) is 21.8 Å². The molecule has 0 radical (unpaired) electrons. The van der Waals surface area contributed by atoms with E-state index in [1.54, 1.807) is 16.2 Å². The van der Waals surface area contributed by atoms with Gasteiger partial charge in [0.25, 0.3) is 11.6 Å². The number of nitrogens with zero attached hydrogens (tertiary/aromatic N) is 1. The Morgan fingerprint density at radius 1 is 1.27 bits per heavy atom. The van der Waals surface area contributed by atoms with Crippen molar-refractivity contribution in [3.8, 4) is 0 Å². The molecule has 1 N–H and O–H groups in total. The lowest BCUT2D eigenvalue weighted by Gasteiger charge is -2.16. The largest absolute Gasteiger partial charge is 0.345 e. The van der Waals surface area contributed by atoms with Crippen LogP contribution in [-0.2, 0) is 16.9 Å². The van der Waals surface area contributed by atoms with E-state index in [4.69, 9.17) is 0 Å². The van der Waals surface area contributed by atoms with E-state index in [0.29, 0.717) is 12.8 Å². The Hall–Kier alpha value is -1.93. The average Bonchev–Trinajstić information content (AvgIpc) is 3.25. The maximum absolute atomic E-state index is 13.9. The van der Waals surface area contributed by atoms with Gasteiger partial charge in [0.2, 0.25) is 0 Å². The van der Waals surface area contributed by atoms with Crippen molar-refractivity contribution in [3.63, 3.8) is 0 Å². The van der Waals surface area contributed by atoms with Gasteiger partial charge in [-0.3, -0.25) is 4.79 Å². The highest BCUT2D eigenvalue weighted by Gasteiger charge is 2.55. The summed E-state index contributed by atoms with van der Waals surface area (Å²) in [7, 11) is -0.370. The number of alkyl halides is 2. The van der Waals surface area contributed by atoms with Crippen LogP contribution in [0.5, 0.6) is 0 Å². The van der Waals surface area contributed by atoms with Gasteiger partial charge in [0.1, 0.15) is 11.5 Å². The van der Waals surface area contributed by atoms with E-state index in [9.17, 15) is 30.8 Å². The van der Waals surface area contributed by atoms with Gasteiger partial charge in [-0.2, -0.15) is 0 Å². The van der Waals surface area contributed by atoms with E-state index >= 15 is 0 Å². The molecule has 0 bridgehead atoms. The molecule has 166 valence electrons. The lowest BCUT2D eigenvalue weighted by molar-refractivity contribution is 0.0305. The molecule has 0 saturated heterocycles. The molecule has 11 heteroatoms. The SMILES string of the molecule is CC1(C(F)(F)P)CC1.Cc1c(F)ccc(NC(=O)c2cc(S(C)(=O)=O)cn2C)c1F. The van der Waals surface area contributed by atoms with E-state index < -0.39 is 38.5 Å². The number of amides is 1. The van der Waals surface area contributed by atoms with E-state index in [2.05, 4.69) is 5.32 Å². The minimum Gasteiger partial charge on any atom is -0.345 e. The fraction of sp³-hybridized carbons (Fsp3) is 0.421. The van der Waals surface area contributed by atoms with Gasteiger partial charge in [0.15, 0.2) is 15.7 Å². The van der Waals surface area contributed by atoms with Crippen molar-refractivity contribution in [2.75, 3.05) is 11.6 Å². The van der Waals surface area contributed by atoms with Crippen LogP contribution in [0, 0.1) is 24.0 Å². The standard InChI is InChI=1S/C14H14F2N2O3S.C5H9F2P/c1-8-10(15)4-5-11(13(8)16)17-14(19)12-6-9(7-18(12)2)22(3,20)21;1-4(2-3-4)5(6,7)8/h4-7H,1-3H3,(H,17,19);2-3,8H2,1H3. The first-order valence-corrected chi connectivity index (χ1v) is 11.3. The quantitative estimate of drug-likeness (QED) is 0.532. The lowest BCUT2D eigenvalue weighted by atomic mass is 10.1. The third kappa shape index (κ3) is 5.40. The molecule has 30 heavy (non-hydrogen) atoms. The summed E-state index contributed by atoms with van der Waals surface area (Å²) in [6.45, 7) is 2.87. The Labute approximate surface area is 175 Å². The van der Waals surface area contributed by atoms with Crippen LogP contribution in [-0.4, -0.2) is 30.8 Å². The second-order valence-corrected chi connectivity index (χ2v) is 10.4. The summed E-state index contributed by atoms with van der Waals surface area (Å²) in [6.07, 6.45) is 3.65. The number of nitrogens with one attached hydrogen (secondary N) is 1. The van der Waals surface area contributed by atoms with Crippen LogP contribution in [0.1, 0.15) is 35.8 Å². The molecule has 1 aliphatic rings. The van der Waals surface area contributed by atoms with Gasteiger partial charge in [-0.25, -0.2) is 26.0 Å². The van der Waals surface area contributed by atoms with Gasteiger partial charge in [-0.1, -0.05) is 16.2 Å². The molecule has 2 aromatic rings. The van der Waals surface area contributed by atoms with Gasteiger partial charge in [0, 0.05) is 30.5 Å². The molecule has 0 aliphatic heterocycles. The highest BCUT2D eigenvalue weighted by Crippen LogP contribution is 2.59. The zero-order chi connectivity index (χ0) is 23.1. The first kappa shape index (κ1) is 24.3. The summed E-state index contributed by atoms with van der Waals surface area (Å²) in [4.78, 5) is 12.1. The Kier molecular flexibility index (Phi) is 6.74.